The highest BCUT2D eigenvalue weighted by molar-refractivity contribution is 6.04. The molecule has 0 fully saturated rings. The molecule has 210 valence electrons. The molecule has 0 aliphatic rings. The maximum atomic E-state index is 13.3. The van der Waals surface area contributed by atoms with E-state index in [9.17, 15) is 62.9 Å². The summed E-state index contributed by atoms with van der Waals surface area (Å²) in [4.78, 5) is 0. The van der Waals surface area contributed by atoms with Crippen molar-refractivity contribution in [1.29, 1.82) is 0 Å². The SMILES string of the molecule is OC(C/C(=N/N=C(/CC(O)(C(F)(F)F)C(F)(F)F)c1ccccc1)c1ccccc1)(C(F)(F)F)C(F)(F)F. The van der Waals surface area contributed by atoms with Gasteiger partial charge in [-0.15, -0.1) is 0 Å². The summed E-state index contributed by atoms with van der Waals surface area (Å²) in [5, 5.41) is 25.4. The van der Waals surface area contributed by atoms with E-state index in [4.69, 9.17) is 0 Å². The Morgan fingerprint density at radius 1 is 0.474 bits per heavy atom. The number of halogens is 12. The van der Waals surface area contributed by atoms with Crippen LogP contribution in [-0.4, -0.2) is 57.5 Å². The molecule has 16 heteroatoms. The molecule has 0 atom stereocenters. The molecule has 0 aliphatic carbocycles. The Kier molecular flexibility index (Phi) is 8.63. The fourth-order valence-electron chi connectivity index (χ4n) is 2.98. The van der Waals surface area contributed by atoms with Gasteiger partial charge in [-0.05, 0) is 11.1 Å². The Morgan fingerprint density at radius 3 is 0.921 bits per heavy atom. The first kappa shape index (κ1) is 31.1. The zero-order valence-corrected chi connectivity index (χ0v) is 18.5. The summed E-state index contributed by atoms with van der Waals surface area (Å²) in [5.41, 5.74) is -14.4. The second-order valence-corrected chi connectivity index (χ2v) is 7.89. The van der Waals surface area contributed by atoms with Crippen LogP contribution >= 0.6 is 0 Å². The van der Waals surface area contributed by atoms with Crippen molar-refractivity contribution in [2.45, 2.75) is 48.7 Å². The van der Waals surface area contributed by atoms with Crippen LogP contribution in [0.2, 0.25) is 0 Å². The summed E-state index contributed by atoms with van der Waals surface area (Å²) in [6.45, 7) is 0. The van der Waals surface area contributed by atoms with Gasteiger partial charge in [0.2, 0.25) is 0 Å². The van der Waals surface area contributed by atoms with Crippen LogP contribution in [-0.2, 0) is 0 Å². The van der Waals surface area contributed by atoms with E-state index in [1.165, 1.54) is 12.1 Å². The van der Waals surface area contributed by atoms with Crippen molar-refractivity contribution in [1.82, 2.24) is 0 Å². The topological polar surface area (TPSA) is 65.2 Å². The highest BCUT2D eigenvalue weighted by atomic mass is 19.4. The summed E-state index contributed by atoms with van der Waals surface area (Å²) >= 11 is 0. The van der Waals surface area contributed by atoms with Crippen LogP contribution in [0.15, 0.2) is 70.9 Å². The molecule has 0 heterocycles. The predicted octanol–water partition coefficient (Wildman–Crippen LogP) is 6.37. The summed E-state index contributed by atoms with van der Waals surface area (Å²) in [5.74, 6) is 0. The second kappa shape index (κ2) is 10.6. The lowest BCUT2D eigenvalue weighted by atomic mass is 9.91. The molecule has 0 bridgehead atoms. The van der Waals surface area contributed by atoms with Gasteiger partial charge in [0.15, 0.2) is 0 Å². The molecular formula is C22H16F12N2O2. The first-order valence-electron chi connectivity index (χ1n) is 10.1. The zero-order chi connectivity index (χ0) is 29.2. The largest absolute Gasteiger partial charge is 0.426 e. The maximum Gasteiger partial charge on any atom is 0.426 e. The first-order chi connectivity index (χ1) is 17.1. The molecule has 2 rings (SSSR count). The third kappa shape index (κ3) is 6.46. The van der Waals surface area contributed by atoms with Gasteiger partial charge in [0.05, 0.1) is 11.4 Å². The van der Waals surface area contributed by atoms with Gasteiger partial charge in [-0.2, -0.15) is 62.9 Å². The van der Waals surface area contributed by atoms with E-state index >= 15 is 0 Å². The van der Waals surface area contributed by atoms with Crippen molar-refractivity contribution in [2.75, 3.05) is 0 Å². The number of rotatable bonds is 7. The van der Waals surface area contributed by atoms with Crippen molar-refractivity contribution in [3.63, 3.8) is 0 Å². The van der Waals surface area contributed by atoms with Gasteiger partial charge in [-0.25, -0.2) is 0 Å². The smallest absolute Gasteiger partial charge is 0.373 e. The number of aliphatic hydroxyl groups is 2. The van der Waals surface area contributed by atoms with Crippen LogP contribution in [0.5, 0.6) is 0 Å². The number of hydrogen-bond acceptors (Lipinski definition) is 4. The molecule has 0 saturated carbocycles. The van der Waals surface area contributed by atoms with Crippen molar-refractivity contribution >= 4 is 11.4 Å². The Hall–Kier alpha value is -3.14. The molecule has 0 unspecified atom stereocenters. The molecular weight excluding hydrogens is 552 g/mol. The molecule has 0 radical (unpaired) electrons. The van der Waals surface area contributed by atoms with E-state index in [0.29, 0.717) is 0 Å². The first-order valence-corrected chi connectivity index (χ1v) is 10.1. The number of nitrogens with zero attached hydrogens (tertiary/aromatic N) is 2. The molecule has 0 spiro atoms. The van der Waals surface area contributed by atoms with Gasteiger partial charge >= 0.3 is 24.7 Å². The Bertz CT molecular complexity index is 1020. The Labute approximate surface area is 205 Å². The van der Waals surface area contributed by atoms with Crippen LogP contribution in [0.3, 0.4) is 0 Å². The van der Waals surface area contributed by atoms with Crippen molar-refractivity contribution in [2.24, 2.45) is 10.2 Å². The molecule has 2 aromatic rings. The summed E-state index contributed by atoms with van der Waals surface area (Å²) in [7, 11) is 0. The van der Waals surface area contributed by atoms with E-state index < -0.39 is 71.3 Å². The number of alkyl halides is 12. The lowest BCUT2D eigenvalue weighted by molar-refractivity contribution is -0.365. The third-order valence-corrected chi connectivity index (χ3v) is 5.23. The monoisotopic (exact) mass is 568 g/mol. The van der Waals surface area contributed by atoms with Crippen LogP contribution < -0.4 is 0 Å². The van der Waals surface area contributed by atoms with Gasteiger partial charge in [0.25, 0.3) is 11.2 Å². The van der Waals surface area contributed by atoms with Crippen molar-refractivity contribution < 1.29 is 62.9 Å². The van der Waals surface area contributed by atoms with Crippen molar-refractivity contribution in [3.8, 4) is 0 Å². The molecule has 0 aromatic heterocycles. The minimum atomic E-state index is -6.32. The molecule has 38 heavy (non-hydrogen) atoms. The third-order valence-electron chi connectivity index (χ3n) is 5.23. The van der Waals surface area contributed by atoms with E-state index in [0.717, 1.165) is 48.5 Å². The molecule has 2 N–H and O–H groups in total. The number of hydrogen-bond donors (Lipinski definition) is 2. The van der Waals surface area contributed by atoms with Crippen LogP contribution in [0.25, 0.3) is 0 Å². The van der Waals surface area contributed by atoms with Gasteiger partial charge < -0.3 is 10.2 Å². The van der Waals surface area contributed by atoms with E-state index in [-0.39, 0.29) is 0 Å². The van der Waals surface area contributed by atoms with Gasteiger partial charge in [-0.1, -0.05) is 60.7 Å². The molecule has 4 nitrogen and oxygen atoms in total. The van der Waals surface area contributed by atoms with Gasteiger partial charge in [0.1, 0.15) is 0 Å². The minimum absolute atomic E-state index is 0.516. The normalized spacial score (nSPS) is 15.1. The van der Waals surface area contributed by atoms with E-state index in [1.807, 2.05) is 0 Å². The molecule has 2 aromatic carbocycles. The summed E-state index contributed by atoms with van der Waals surface area (Å²) in [6.07, 6.45) is -30.0. The molecule has 0 saturated heterocycles. The zero-order valence-electron chi connectivity index (χ0n) is 18.5. The lowest BCUT2D eigenvalue weighted by Crippen LogP contribution is -2.58. The van der Waals surface area contributed by atoms with Crippen LogP contribution in [0.4, 0.5) is 52.7 Å². The number of benzene rings is 2. The average Bonchev–Trinajstić information content (AvgIpc) is 2.78. The van der Waals surface area contributed by atoms with Gasteiger partial charge in [-0.3, -0.25) is 0 Å². The Morgan fingerprint density at radius 2 is 0.711 bits per heavy atom. The highest BCUT2D eigenvalue weighted by Crippen LogP contribution is 2.47. The fraction of sp³-hybridized carbons (Fsp3) is 0.364. The average molecular weight is 568 g/mol. The van der Waals surface area contributed by atoms with Crippen molar-refractivity contribution in [3.05, 3.63) is 71.8 Å². The fourth-order valence-corrected chi connectivity index (χ4v) is 2.98. The molecule has 0 aliphatic heterocycles. The lowest BCUT2D eigenvalue weighted by Gasteiger charge is -2.33. The second-order valence-electron chi connectivity index (χ2n) is 7.89. The molecule has 0 amide bonds. The standard InChI is InChI=1S/C22H16F12N2O2/c23-19(24,25)17(37,20(26,27)28)11-15(13-7-3-1-4-8-13)35-36-16(14-9-5-2-6-10-14)12-18(38,21(29,30)31)22(32,33)34/h1-10,37-38H,11-12H2/b35-15-,36-16-. The van der Waals surface area contributed by atoms with Crippen LogP contribution in [0.1, 0.15) is 24.0 Å². The quantitative estimate of drug-likeness (QED) is 0.232. The summed E-state index contributed by atoms with van der Waals surface area (Å²) in [6, 6.07) is 10.8. The predicted molar refractivity (Wildman–Crippen MR) is 109 cm³/mol. The maximum absolute atomic E-state index is 13.3. The minimum Gasteiger partial charge on any atom is -0.373 e. The van der Waals surface area contributed by atoms with E-state index in [2.05, 4.69) is 10.2 Å². The Balaban J connectivity index is 2.79. The van der Waals surface area contributed by atoms with Crippen LogP contribution in [0, 0.1) is 0 Å². The summed E-state index contributed by atoms with van der Waals surface area (Å²) < 4.78 is 159. The highest BCUT2D eigenvalue weighted by Gasteiger charge is 2.71. The van der Waals surface area contributed by atoms with Gasteiger partial charge in [0, 0.05) is 12.8 Å². The van der Waals surface area contributed by atoms with E-state index in [1.54, 1.807) is 0 Å².